The average Bonchev–Trinajstić information content (AvgIpc) is 2.84. The maximum absolute atomic E-state index is 12.3. The van der Waals surface area contributed by atoms with Crippen molar-refractivity contribution < 1.29 is 9.59 Å². The van der Waals surface area contributed by atoms with Crippen molar-refractivity contribution in [3.05, 3.63) is 17.5 Å². The maximum Gasteiger partial charge on any atom is 0.274 e. The Morgan fingerprint density at radius 3 is 2.43 bits per heavy atom. The molecule has 3 rings (SSSR count). The van der Waals surface area contributed by atoms with E-state index in [4.69, 9.17) is 0 Å². The second kappa shape index (κ2) is 4.86. The van der Waals surface area contributed by atoms with Crippen LogP contribution in [0.2, 0.25) is 0 Å². The first-order valence-corrected chi connectivity index (χ1v) is 7.56. The van der Waals surface area contributed by atoms with E-state index in [1.54, 1.807) is 0 Å². The summed E-state index contributed by atoms with van der Waals surface area (Å²) in [6, 6.07) is 1.84. The Morgan fingerprint density at radius 1 is 1.29 bits per heavy atom. The standard InChI is InChI=1S/C15H22N4O2/c1-4-13(20)18-6-15(7-18)8-19(9-15)14(21)12-5-11(10(2)3)16-17-12/h5,10H,4,6-9H2,1-3H3,(H,16,17). The quantitative estimate of drug-likeness (QED) is 0.910. The summed E-state index contributed by atoms with van der Waals surface area (Å²) in [4.78, 5) is 27.6. The van der Waals surface area contributed by atoms with Gasteiger partial charge in [0.05, 0.1) is 0 Å². The van der Waals surface area contributed by atoms with Crippen LogP contribution >= 0.6 is 0 Å². The first kappa shape index (κ1) is 14.1. The molecular weight excluding hydrogens is 268 g/mol. The van der Waals surface area contributed by atoms with Crippen LogP contribution in [0.3, 0.4) is 0 Å². The zero-order chi connectivity index (χ0) is 15.2. The number of hydrogen-bond acceptors (Lipinski definition) is 3. The zero-order valence-electron chi connectivity index (χ0n) is 12.8. The van der Waals surface area contributed by atoms with Gasteiger partial charge in [0.15, 0.2) is 0 Å². The first-order valence-electron chi connectivity index (χ1n) is 7.56. The Hall–Kier alpha value is -1.85. The molecule has 1 spiro atoms. The van der Waals surface area contributed by atoms with Gasteiger partial charge in [0.25, 0.3) is 5.91 Å². The minimum atomic E-state index is -0.0101. The minimum Gasteiger partial charge on any atom is -0.341 e. The van der Waals surface area contributed by atoms with Crippen molar-refractivity contribution in [1.29, 1.82) is 0 Å². The predicted octanol–water partition coefficient (Wildman–Crippen LogP) is 1.23. The van der Waals surface area contributed by atoms with Gasteiger partial charge in [-0.1, -0.05) is 20.8 Å². The molecule has 0 bridgehead atoms. The third-order valence-corrected chi connectivity index (χ3v) is 4.49. The molecule has 1 N–H and O–H groups in total. The number of likely N-dealkylation sites (tertiary alicyclic amines) is 2. The van der Waals surface area contributed by atoms with Crippen LogP contribution in [0, 0.1) is 5.41 Å². The van der Waals surface area contributed by atoms with Gasteiger partial charge in [-0.2, -0.15) is 5.10 Å². The number of H-pyrrole nitrogens is 1. The summed E-state index contributed by atoms with van der Waals surface area (Å²) in [5, 5.41) is 7.02. The van der Waals surface area contributed by atoms with Crippen LogP contribution in [0.1, 0.15) is 49.3 Å². The van der Waals surface area contributed by atoms with E-state index in [0.29, 0.717) is 18.0 Å². The smallest absolute Gasteiger partial charge is 0.274 e. The van der Waals surface area contributed by atoms with Crippen molar-refractivity contribution in [1.82, 2.24) is 20.0 Å². The maximum atomic E-state index is 12.3. The van der Waals surface area contributed by atoms with Crippen LogP contribution in [0.15, 0.2) is 6.07 Å². The molecule has 0 aliphatic carbocycles. The van der Waals surface area contributed by atoms with Crippen molar-refractivity contribution in [2.45, 2.75) is 33.1 Å². The average molecular weight is 290 g/mol. The summed E-state index contributed by atoms with van der Waals surface area (Å²) in [6.45, 7) is 9.07. The normalized spacial score (nSPS) is 19.6. The lowest BCUT2D eigenvalue weighted by atomic mass is 9.72. The van der Waals surface area contributed by atoms with Gasteiger partial charge in [0.1, 0.15) is 5.69 Å². The molecule has 0 unspecified atom stereocenters. The lowest BCUT2D eigenvalue weighted by Crippen LogP contribution is -2.73. The summed E-state index contributed by atoms with van der Waals surface area (Å²) >= 11 is 0. The minimum absolute atomic E-state index is 0.0101. The SMILES string of the molecule is CCC(=O)N1CC2(C1)CN(C(=O)c1cc(C(C)C)[nH]n1)C2. The van der Waals surface area contributed by atoms with E-state index in [1.807, 2.05) is 22.8 Å². The fraction of sp³-hybridized carbons (Fsp3) is 0.667. The molecule has 0 aromatic carbocycles. The molecule has 0 radical (unpaired) electrons. The molecule has 3 heterocycles. The number of hydrogen-bond donors (Lipinski definition) is 1. The van der Waals surface area contributed by atoms with Gasteiger partial charge in [0, 0.05) is 43.7 Å². The molecule has 6 heteroatoms. The Bertz CT molecular complexity index is 564. The summed E-state index contributed by atoms with van der Waals surface area (Å²) in [6.07, 6.45) is 0.559. The van der Waals surface area contributed by atoms with E-state index in [0.717, 1.165) is 31.9 Å². The molecule has 2 amide bonds. The summed E-state index contributed by atoms with van der Waals surface area (Å²) < 4.78 is 0. The number of nitrogens with one attached hydrogen (secondary N) is 1. The van der Waals surface area contributed by atoms with Crippen LogP contribution in [0.25, 0.3) is 0 Å². The van der Waals surface area contributed by atoms with E-state index in [9.17, 15) is 9.59 Å². The third-order valence-electron chi connectivity index (χ3n) is 4.49. The van der Waals surface area contributed by atoms with Crippen LogP contribution < -0.4 is 0 Å². The van der Waals surface area contributed by atoms with Crippen molar-refractivity contribution in [3.8, 4) is 0 Å². The fourth-order valence-electron chi connectivity index (χ4n) is 3.17. The largest absolute Gasteiger partial charge is 0.341 e. The summed E-state index contributed by atoms with van der Waals surface area (Å²) in [5.74, 6) is 0.533. The molecule has 2 saturated heterocycles. The second-order valence-electron chi connectivity index (χ2n) is 6.63. The van der Waals surface area contributed by atoms with Crippen molar-refractivity contribution in [2.24, 2.45) is 5.41 Å². The molecule has 2 aliphatic heterocycles. The van der Waals surface area contributed by atoms with E-state index in [2.05, 4.69) is 24.0 Å². The number of nitrogens with zero attached hydrogens (tertiary/aromatic N) is 3. The molecule has 1 aromatic rings. The van der Waals surface area contributed by atoms with E-state index >= 15 is 0 Å². The Labute approximate surface area is 124 Å². The highest BCUT2D eigenvalue weighted by molar-refractivity contribution is 5.93. The molecule has 1 aromatic heterocycles. The lowest BCUT2D eigenvalue weighted by molar-refractivity contribution is -0.154. The fourth-order valence-corrected chi connectivity index (χ4v) is 3.17. The summed E-state index contributed by atoms with van der Waals surface area (Å²) in [5.41, 5.74) is 1.63. The Kier molecular flexibility index (Phi) is 3.26. The Balaban J connectivity index is 1.54. The van der Waals surface area contributed by atoms with Gasteiger partial charge in [0.2, 0.25) is 5.91 Å². The molecule has 2 fully saturated rings. The van der Waals surface area contributed by atoms with E-state index in [-0.39, 0.29) is 17.2 Å². The monoisotopic (exact) mass is 290 g/mol. The molecule has 21 heavy (non-hydrogen) atoms. The highest BCUT2D eigenvalue weighted by Gasteiger charge is 2.54. The topological polar surface area (TPSA) is 69.3 Å². The second-order valence-corrected chi connectivity index (χ2v) is 6.63. The molecule has 0 saturated carbocycles. The number of rotatable bonds is 3. The molecule has 2 aliphatic rings. The van der Waals surface area contributed by atoms with Gasteiger partial charge in [-0.3, -0.25) is 14.7 Å². The number of aromatic nitrogens is 2. The third kappa shape index (κ3) is 2.32. The zero-order valence-corrected chi connectivity index (χ0v) is 12.8. The van der Waals surface area contributed by atoms with E-state index < -0.39 is 0 Å². The predicted molar refractivity (Wildman–Crippen MR) is 77.9 cm³/mol. The van der Waals surface area contributed by atoms with Crippen molar-refractivity contribution in [2.75, 3.05) is 26.2 Å². The lowest BCUT2D eigenvalue weighted by Gasteiger charge is -2.60. The number of amides is 2. The van der Waals surface area contributed by atoms with Crippen LogP contribution in [0.4, 0.5) is 0 Å². The van der Waals surface area contributed by atoms with Crippen molar-refractivity contribution >= 4 is 11.8 Å². The first-order chi connectivity index (χ1) is 9.94. The van der Waals surface area contributed by atoms with Crippen LogP contribution in [-0.4, -0.2) is 58.0 Å². The van der Waals surface area contributed by atoms with Gasteiger partial charge in [-0.15, -0.1) is 0 Å². The molecule has 114 valence electrons. The Morgan fingerprint density at radius 2 is 1.90 bits per heavy atom. The number of carbonyl (C=O) groups excluding carboxylic acids is 2. The number of carbonyl (C=O) groups is 2. The van der Waals surface area contributed by atoms with Gasteiger partial charge in [-0.25, -0.2) is 0 Å². The van der Waals surface area contributed by atoms with Gasteiger partial charge >= 0.3 is 0 Å². The molecule has 0 atom stereocenters. The molecular formula is C15H22N4O2. The van der Waals surface area contributed by atoms with Crippen LogP contribution in [0.5, 0.6) is 0 Å². The van der Waals surface area contributed by atoms with Crippen molar-refractivity contribution in [3.63, 3.8) is 0 Å². The van der Waals surface area contributed by atoms with Gasteiger partial charge in [-0.05, 0) is 12.0 Å². The summed E-state index contributed by atoms with van der Waals surface area (Å²) in [7, 11) is 0. The molecule has 6 nitrogen and oxygen atoms in total. The number of aromatic amines is 1. The van der Waals surface area contributed by atoms with E-state index in [1.165, 1.54) is 0 Å². The van der Waals surface area contributed by atoms with Crippen LogP contribution in [-0.2, 0) is 4.79 Å². The highest BCUT2D eigenvalue weighted by Crippen LogP contribution is 2.40. The highest BCUT2D eigenvalue weighted by atomic mass is 16.2. The van der Waals surface area contributed by atoms with Gasteiger partial charge < -0.3 is 9.80 Å².